The lowest BCUT2D eigenvalue weighted by atomic mass is 10.2. The van der Waals surface area contributed by atoms with Gasteiger partial charge in [-0.3, -0.25) is 24.0 Å². The van der Waals surface area contributed by atoms with Crippen molar-refractivity contribution in [1.82, 2.24) is 15.5 Å². The zero-order valence-electron chi connectivity index (χ0n) is 22.4. The minimum absolute atomic E-state index is 0.105. The predicted molar refractivity (Wildman–Crippen MR) is 152 cm³/mol. The Morgan fingerprint density at radius 1 is 1.13 bits per heavy atom. The summed E-state index contributed by atoms with van der Waals surface area (Å²) in [6, 6.07) is 1.87. The van der Waals surface area contributed by atoms with Gasteiger partial charge in [0.25, 0.3) is 0 Å². The molecule has 0 aliphatic rings. The summed E-state index contributed by atoms with van der Waals surface area (Å²) in [7, 11) is 1.63. The highest BCUT2D eigenvalue weighted by atomic mass is 35.5. The summed E-state index contributed by atoms with van der Waals surface area (Å²) in [5.74, 6) is -1.55. The molecule has 12 heteroatoms. The molecule has 1 aromatic carbocycles. The average Bonchev–Trinajstić information content (AvgIpc) is 2.87. The van der Waals surface area contributed by atoms with Crippen LogP contribution in [0.25, 0.3) is 0 Å². The third-order valence-corrected chi connectivity index (χ3v) is 5.59. The van der Waals surface area contributed by atoms with Gasteiger partial charge in [0.05, 0.1) is 12.2 Å². The van der Waals surface area contributed by atoms with E-state index in [0.717, 1.165) is 6.08 Å². The summed E-state index contributed by atoms with van der Waals surface area (Å²) in [5, 5.41) is 17.8. The lowest BCUT2D eigenvalue weighted by Gasteiger charge is -2.16. The number of rotatable bonds is 14. The van der Waals surface area contributed by atoms with Crippen molar-refractivity contribution in [2.24, 2.45) is 0 Å². The Morgan fingerprint density at radius 2 is 1.79 bits per heavy atom. The maximum atomic E-state index is 12.3. The minimum Gasteiger partial charge on any atom is -0.506 e. The average molecular weight is 571 g/mol. The van der Waals surface area contributed by atoms with E-state index in [1.54, 1.807) is 7.05 Å². The van der Waals surface area contributed by atoms with Crippen molar-refractivity contribution >= 4 is 59.8 Å². The van der Waals surface area contributed by atoms with Crippen LogP contribution in [-0.4, -0.2) is 66.1 Å². The lowest BCUT2D eigenvalue weighted by Crippen LogP contribution is -2.45. The topological polar surface area (TPSA) is 145 Å². The number of phenolic OH excluding ortho intramolecular Hbond substituents is 1. The second kappa shape index (κ2) is 20.0. The van der Waals surface area contributed by atoms with E-state index in [9.17, 15) is 29.1 Å². The molecule has 4 amide bonds. The van der Waals surface area contributed by atoms with Crippen molar-refractivity contribution in [2.75, 3.05) is 25.5 Å². The molecular formula is C26H39ClN4O6S. The Labute approximate surface area is 235 Å². The number of anilines is 1. The van der Waals surface area contributed by atoms with E-state index in [1.807, 2.05) is 0 Å². The molecule has 212 valence electrons. The van der Waals surface area contributed by atoms with Gasteiger partial charge in [0, 0.05) is 36.9 Å². The van der Waals surface area contributed by atoms with Crippen molar-refractivity contribution in [3.8, 4) is 5.75 Å². The number of carbonyl (C=O) groups is 5. The molecule has 0 heterocycles. The molecule has 0 aromatic heterocycles. The van der Waals surface area contributed by atoms with Crippen LogP contribution in [-0.2, 0) is 29.7 Å². The fourth-order valence-corrected chi connectivity index (χ4v) is 3.45. The SMILES string of the molecule is CC(NC(=O)CNC(=O)CCCCCN(C)C(=O)/C=C\C=O)C(=O)Nc1cc(Cl)c(CS)cc1O.CCC. The number of unbranched alkanes of at least 4 members (excludes halogenated alkanes) is 2. The molecule has 0 saturated heterocycles. The van der Waals surface area contributed by atoms with Crippen LogP contribution in [0.15, 0.2) is 24.3 Å². The van der Waals surface area contributed by atoms with Crippen LogP contribution in [0.5, 0.6) is 5.75 Å². The van der Waals surface area contributed by atoms with E-state index in [2.05, 4.69) is 42.4 Å². The Morgan fingerprint density at radius 3 is 2.39 bits per heavy atom. The Hall–Kier alpha value is -3.05. The Bertz CT molecular complexity index is 973. The summed E-state index contributed by atoms with van der Waals surface area (Å²) in [6.07, 6.45) is 6.30. The zero-order chi connectivity index (χ0) is 29.1. The number of aromatic hydroxyl groups is 1. The molecule has 1 unspecified atom stereocenters. The van der Waals surface area contributed by atoms with Gasteiger partial charge in [0.15, 0.2) is 0 Å². The van der Waals surface area contributed by atoms with E-state index in [-0.39, 0.29) is 36.2 Å². The third kappa shape index (κ3) is 14.6. The van der Waals surface area contributed by atoms with Crippen LogP contribution in [0.2, 0.25) is 5.02 Å². The Kier molecular flexibility index (Phi) is 18.4. The first kappa shape index (κ1) is 35.0. The number of hydrogen-bond donors (Lipinski definition) is 5. The molecule has 0 aliphatic heterocycles. The summed E-state index contributed by atoms with van der Waals surface area (Å²) >= 11 is 10.2. The number of benzene rings is 1. The van der Waals surface area contributed by atoms with Gasteiger partial charge in [0.1, 0.15) is 18.1 Å². The highest BCUT2D eigenvalue weighted by Crippen LogP contribution is 2.31. The minimum atomic E-state index is -0.928. The van der Waals surface area contributed by atoms with Crippen LogP contribution in [0.4, 0.5) is 5.69 Å². The molecule has 1 atom stereocenters. The lowest BCUT2D eigenvalue weighted by molar-refractivity contribution is -0.128. The van der Waals surface area contributed by atoms with Gasteiger partial charge in [-0.15, -0.1) is 0 Å². The highest BCUT2D eigenvalue weighted by molar-refractivity contribution is 7.79. The van der Waals surface area contributed by atoms with E-state index >= 15 is 0 Å². The number of thiol groups is 1. The fraction of sp³-hybridized carbons (Fsp3) is 0.500. The van der Waals surface area contributed by atoms with Crippen LogP contribution < -0.4 is 16.0 Å². The number of hydrogen-bond acceptors (Lipinski definition) is 7. The first-order valence-electron chi connectivity index (χ1n) is 12.4. The number of allylic oxidation sites excluding steroid dienone is 1. The second-order valence-electron chi connectivity index (χ2n) is 8.45. The summed E-state index contributed by atoms with van der Waals surface area (Å²) < 4.78 is 0. The molecule has 0 saturated carbocycles. The maximum Gasteiger partial charge on any atom is 0.246 e. The van der Waals surface area contributed by atoms with Crippen LogP contribution in [0.1, 0.15) is 58.4 Å². The smallest absolute Gasteiger partial charge is 0.246 e. The molecule has 1 aromatic rings. The van der Waals surface area contributed by atoms with E-state index in [1.165, 1.54) is 36.5 Å². The number of carbonyl (C=O) groups excluding carboxylic acids is 5. The van der Waals surface area contributed by atoms with Gasteiger partial charge in [-0.2, -0.15) is 12.6 Å². The predicted octanol–water partition coefficient (Wildman–Crippen LogP) is 3.22. The fourth-order valence-electron chi connectivity index (χ4n) is 2.86. The van der Waals surface area contributed by atoms with Gasteiger partial charge < -0.3 is 26.0 Å². The molecule has 0 aliphatic carbocycles. The van der Waals surface area contributed by atoms with Crippen molar-refractivity contribution in [3.63, 3.8) is 0 Å². The van der Waals surface area contributed by atoms with Gasteiger partial charge in [0.2, 0.25) is 23.6 Å². The van der Waals surface area contributed by atoms with Gasteiger partial charge in [-0.25, -0.2) is 0 Å². The first-order chi connectivity index (χ1) is 18.0. The Balaban J connectivity index is 0.00000434. The summed E-state index contributed by atoms with van der Waals surface area (Å²) in [6.45, 7) is 5.92. The van der Waals surface area contributed by atoms with Gasteiger partial charge >= 0.3 is 0 Å². The monoisotopic (exact) mass is 570 g/mol. The molecule has 10 nitrogen and oxygen atoms in total. The van der Waals surface area contributed by atoms with E-state index in [4.69, 9.17) is 11.6 Å². The maximum absolute atomic E-state index is 12.3. The number of likely N-dealkylation sites (N-methyl/N-ethyl adjacent to an activating group) is 1. The molecule has 0 spiro atoms. The molecule has 0 bridgehead atoms. The van der Waals surface area contributed by atoms with Gasteiger partial charge in [-0.05, 0) is 43.5 Å². The van der Waals surface area contributed by atoms with E-state index in [0.29, 0.717) is 48.4 Å². The van der Waals surface area contributed by atoms with Gasteiger partial charge in [-0.1, -0.05) is 38.3 Å². The van der Waals surface area contributed by atoms with Crippen molar-refractivity contribution in [2.45, 2.75) is 64.7 Å². The second-order valence-corrected chi connectivity index (χ2v) is 9.17. The summed E-state index contributed by atoms with van der Waals surface area (Å²) in [4.78, 5) is 59.6. The zero-order valence-corrected chi connectivity index (χ0v) is 24.0. The number of nitrogens with one attached hydrogen (secondary N) is 3. The van der Waals surface area contributed by atoms with Crippen LogP contribution in [0, 0.1) is 0 Å². The summed E-state index contributed by atoms with van der Waals surface area (Å²) in [5.41, 5.74) is 0.710. The van der Waals surface area contributed by atoms with Crippen LogP contribution in [0.3, 0.4) is 0 Å². The molecule has 38 heavy (non-hydrogen) atoms. The number of aldehydes is 1. The van der Waals surface area contributed by atoms with Crippen LogP contribution >= 0.6 is 24.2 Å². The quantitative estimate of drug-likeness (QED) is 0.0763. The van der Waals surface area contributed by atoms with Crippen molar-refractivity contribution in [1.29, 1.82) is 0 Å². The normalized spacial score (nSPS) is 11.1. The number of phenols is 1. The first-order valence-corrected chi connectivity index (χ1v) is 13.4. The van der Waals surface area contributed by atoms with Crippen molar-refractivity contribution in [3.05, 3.63) is 34.9 Å². The number of nitrogens with zero attached hydrogens (tertiary/aromatic N) is 1. The molecule has 0 radical (unpaired) electrons. The molecular weight excluding hydrogens is 532 g/mol. The largest absolute Gasteiger partial charge is 0.506 e. The number of amides is 4. The highest BCUT2D eigenvalue weighted by Gasteiger charge is 2.18. The molecule has 0 fully saturated rings. The van der Waals surface area contributed by atoms with Crippen molar-refractivity contribution < 1.29 is 29.1 Å². The molecule has 1 rings (SSSR count). The van der Waals surface area contributed by atoms with E-state index < -0.39 is 17.9 Å². The number of halogens is 1. The standard InChI is InChI=1S/C23H31ClN4O6S.C3H8/c1-15(23(34)27-18-12-17(24)16(14-35)11-19(18)30)26-21(32)13-25-20(31)7-4-3-5-9-28(2)22(33)8-6-10-29;1-3-2/h6,8,10-12,15,30,35H,3-5,7,9,13-14H2,1-2H3,(H,25,31)(H,26,32)(H,27,34);3H2,1-2H3/b8-6-;. The molecule has 4 N–H and O–H groups in total. The third-order valence-electron chi connectivity index (χ3n) is 4.90.